The molecule has 0 aromatic heterocycles. The van der Waals surface area contributed by atoms with Crippen molar-refractivity contribution in [3.05, 3.63) is 0 Å². The molecule has 5 N–H and O–H groups in total. The van der Waals surface area contributed by atoms with Crippen LogP contribution >= 0.6 is 12.4 Å². The number of ether oxygens (including phenoxy) is 2. The molecule has 368 valence electrons. The number of aliphatic hydroxyl groups excluding tert-OH is 2. The number of aliphatic hydroxyl groups is 2. The first kappa shape index (κ1) is 68.7. The van der Waals surface area contributed by atoms with E-state index in [9.17, 15) is 14.7 Å². The number of likely N-dealkylation sites (tertiary alicyclic amines) is 1. The molecule has 2 amide bonds. The molecular formula is C25H48ClN3O6S27. The molecule has 2 unspecified atom stereocenters. The van der Waals surface area contributed by atoms with Crippen molar-refractivity contribution in [1.29, 1.82) is 0 Å². The first-order chi connectivity index (χ1) is 29.0. The summed E-state index contributed by atoms with van der Waals surface area (Å²) in [6.45, 7) is 11.2. The van der Waals surface area contributed by atoms with Gasteiger partial charge in [-0.1, -0.05) is 0 Å². The summed E-state index contributed by atoms with van der Waals surface area (Å²) in [4.78, 5) is 24.7. The topological polar surface area (TPSA) is 134 Å². The van der Waals surface area contributed by atoms with E-state index in [4.69, 9.17) is 65.1 Å². The smallest absolute Gasteiger partial charge is 0.410 e. The van der Waals surface area contributed by atoms with Gasteiger partial charge in [-0.3, -0.25) is 4.90 Å². The lowest BCUT2D eigenvalue weighted by Gasteiger charge is -2.22. The maximum atomic E-state index is 11.5. The highest BCUT2D eigenvalue weighted by atomic mass is 35.5. The Hall–Kier alpha value is 4.65. The zero-order valence-corrected chi connectivity index (χ0v) is 56.2. The monoisotopic (exact) mass is 1380 g/mol. The van der Waals surface area contributed by atoms with Crippen molar-refractivity contribution in [3.8, 4) is 0 Å². The molecule has 3 saturated carbocycles. The van der Waals surface area contributed by atoms with Gasteiger partial charge in [0.1, 0.15) is 11.2 Å². The van der Waals surface area contributed by atoms with E-state index in [1.54, 1.807) is 169 Å². The molecule has 0 aromatic carbocycles. The molecule has 4 aliphatic rings. The van der Waals surface area contributed by atoms with E-state index in [0.717, 1.165) is 38.5 Å². The number of halogens is 1. The quantitative estimate of drug-likeness (QED) is 0.286. The minimum absolute atomic E-state index is 0. The third-order valence-corrected chi connectivity index (χ3v) is 53.6. The Bertz CT molecular complexity index is 2350. The SMILES string of the molecule is CC(C)(C)OC(=O)N1C2CCCC21.CC(C)(C)OC(=O)N[C@H]1CCC[C@@H]1O.Cl.N[C@H]1CCC[C@@H]1O.S=S=S=S=S=S=S=S=S=S=S=S=S.S=S=S=S=S=S=S=S=S=S=S=S=S=S. The predicted molar refractivity (Wildman–Crippen MR) is 336 cm³/mol. The maximum Gasteiger partial charge on any atom is 0.410 e. The van der Waals surface area contributed by atoms with Crippen LogP contribution in [0, 0.1) is 0 Å². The number of carbonyl (C=O) groups is 2. The van der Waals surface area contributed by atoms with Crippen LogP contribution in [0.1, 0.15) is 99.3 Å². The highest BCUT2D eigenvalue weighted by Crippen LogP contribution is 2.43. The minimum atomic E-state index is -0.479. The number of nitrogens with zero attached hydrogens (tertiary/aromatic N) is 1. The van der Waals surface area contributed by atoms with Crippen LogP contribution in [0.25, 0.3) is 0 Å². The number of piperidine rings is 1. The number of nitrogens with one attached hydrogen (secondary N) is 1. The molecule has 0 spiro atoms. The second-order valence-electron chi connectivity index (χ2n) is 13.4. The highest BCUT2D eigenvalue weighted by Gasteiger charge is 2.54. The summed E-state index contributed by atoms with van der Waals surface area (Å²) in [5, 5.41) is 21.0. The fraction of sp³-hybridized carbons (Fsp3) is 0.920. The Morgan fingerprint density at radius 2 is 0.855 bits per heavy atom. The van der Waals surface area contributed by atoms with E-state index in [1.165, 1.54) is 54.8 Å². The van der Waals surface area contributed by atoms with Gasteiger partial charge in [-0.05, 0) is 99.3 Å². The van der Waals surface area contributed by atoms with Crippen molar-refractivity contribution in [2.75, 3.05) is 0 Å². The van der Waals surface area contributed by atoms with Gasteiger partial charge in [0.15, 0.2) is 0 Å². The van der Waals surface area contributed by atoms with E-state index in [0.29, 0.717) is 12.1 Å². The first-order valence-electron chi connectivity index (χ1n) is 17.0. The van der Waals surface area contributed by atoms with Crippen LogP contribution < -0.4 is 11.1 Å². The van der Waals surface area contributed by atoms with Crippen LogP contribution in [0.3, 0.4) is 0 Å². The number of hydrogen-bond acceptors (Lipinski definition) is 11. The molecule has 0 radical (unpaired) electrons. The largest absolute Gasteiger partial charge is 0.444 e. The summed E-state index contributed by atoms with van der Waals surface area (Å²) in [6.07, 6.45) is 7.99. The van der Waals surface area contributed by atoms with E-state index in [1.807, 2.05) is 46.4 Å². The molecule has 4 rings (SSSR count). The third-order valence-electron chi connectivity index (χ3n) is 6.97. The summed E-state index contributed by atoms with van der Waals surface area (Å²) in [5.74, 6) is 0. The number of nitrogens with two attached hydrogens (primary N) is 1. The number of hydrogen-bond donors (Lipinski definition) is 4. The molecule has 9 nitrogen and oxygen atoms in total. The highest BCUT2D eigenvalue weighted by molar-refractivity contribution is 8.77. The Balaban J connectivity index is 0. The molecule has 37 heteroatoms. The third kappa shape index (κ3) is 41.3. The van der Waals surface area contributed by atoms with Gasteiger partial charge in [0.25, 0.3) is 0 Å². The molecule has 1 aliphatic heterocycles. The lowest BCUT2D eigenvalue weighted by molar-refractivity contribution is 0.0381. The minimum Gasteiger partial charge on any atom is -0.444 e. The van der Waals surface area contributed by atoms with Crippen molar-refractivity contribution >= 4 is 274 Å². The van der Waals surface area contributed by atoms with Crippen molar-refractivity contribution in [2.45, 2.75) is 147 Å². The van der Waals surface area contributed by atoms with Crippen LogP contribution in [0.5, 0.6) is 0 Å². The number of alkyl carbamates (subject to hydrolysis) is 1. The zero-order chi connectivity index (χ0) is 45.9. The predicted octanol–water partition coefficient (Wildman–Crippen LogP) is 3.80. The second-order valence-corrected chi connectivity index (χ2v) is 54.1. The summed E-state index contributed by atoms with van der Waals surface area (Å²) < 4.78 is 10.4. The Labute approximate surface area is 457 Å². The molecule has 0 bridgehead atoms. The van der Waals surface area contributed by atoms with Gasteiger partial charge < -0.3 is 30.7 Å². The fourth-order valence-electron chi connectivity index (χ4n) is 4.87. The first-order valence-corrected chi connectivity index (χ1v) is 50.3. The molecule has 0 aromatic rings. The molecule has 1 saturated heterocycles. The van der Waals surface area contributed by atoms with E-state index in [2.05, 4.69) is 5.32 Å². The van der Waals surface area contributed by atoms with Gasteiger partial charge >= 0.3 is 12.2 Å². The average molecular weight is 1390 g/mol. The normalized spacial score (nSPS) is 20.6. The van der Waals surface area contributed by atoms with Crippen LogP contribution in [0.15, 0.2) is 0 Å². The molecule has 6 atom stereocenters. The van der Waals surface area contributed by atoms with Crippen molar-refractivity contribution in [2.24, 2.45) is 5.73 Å². The number of amides is 2. The fourth-order valence-corrected chi connectivity index (χ4v) is 57.0. The van der Waals surface area contributed by atoms with E-state index < -0.39 is 17.8 Å². The lowest BCUT2D eigenvalue weighted by atomic mass is 10.2. The molecule has 4 fully saturated rings. The van der Waals surface area contributed by atoms with Crippen LogP contribution in [-0.2, 0) is 258 Å². The van der Waals surface area contributed by atoms with Crippen molar-refractivity contribution in [3.63, 3.8) is 0 Å². The van der Waals surface area contributed by atoms with Gasteiger partial charge in [0.05, 0.1) is 30.3 Å². The van der Waals surface area contributed by atoms with Gasteiger partial charge in [-0.15, -0.1) is 12.4 Å². The van der Waals surface area contributed by atoms with Gasteiger partial charge in [0, 0.05) is 255 Å². The van der Waals surface area contributed by atoms with Crippen molar-refractivity contribution in [1.82, 2.24) is 10.2 Å². The van der Waals surface area contributed by atoms with Crippen LogP contribution in [-0.4, -0.2) is 74.9 Å². The summed E-state index contributed by atoms with van der Waals surface area (Å²) >= 11 is 18.8. The van der Waals surface area contributed by atoms with E-state index >= 15 is 0 Å². The van der Waals surface area contributed by atoms with Gasteiger partial charge in [-0.2, -0.15) is 0 Å². The Morgan fingerprint density at radius 3 is 1.11 bits per heavy atom. The maximum absolute atomic E-state index is 11.5. The molecule has 3 aliphatic carbocycles. The zero-order valence-electron chi connectivity index (χ0n) is 33.3. The van der Waals surface area contributed by atoms with E-state index in [-0.39, 0.29) is 42.3 Å². The summed E-state index contributed by atoms with van der Waals surface area (Å²) in [6, 6.07) is 0.953. The van der Waals surface area contributed by atoms with Gasteiger partial charge in [-0.25, -0.2) is 9.59 Å². The Morgan fingerprint density at radius 1 is 0.532 bits per heavy atom. The molecule has 1 heterocycles. The standard InChI is InChI=1S/C10H19NO3.C10H17NO2.C5H11NO.ClH.S14.S13/c1-10(2,3)14-9(13)11-7-5-4-6-8(7)12;1-10(2,3)13-9(12)11-7-5-4-6-8(7)11;6-4-2-1-3-5(4)7;;1-3-5-7-9-11-13-14-12-10-8-6-4-2;1-3-5-7-9-11-13-12-10-8-6-4-2/h7-8,12H,4-6H2,1-3H3,(H,11,13);7-8H,4-6H2,1-3H3;4-5,7H,1-3,6H2;1H;;/t7-,8-;;4-,5-;;;/m0.0.../s1. The average Bonchev–Trinajstić information content (AvgIpc) is 3.49. The number of fused-ring (bicyclic) bond motifs is 1. The summed E-state index contributed by atoms with van der Waals surface area (Å²) in [5.41, 5.74) is 4.60. The number of carbonyl (C=O) groups excluding carboxylic acids is 2. The Kier molecular flexibility index (Phi) is 49.2. The number of rotatable bonds is 1. The molecular weight excluding hydrogens is 1340 g/mol. The molecule has 62 heavy (non-hydrogen) atoms. The summed E-state index contributed by atoms with van der Waals surface area (Å²) in [7, 11) is 38.0. The van der Waals surface area contributed by atoms with Gasteiger partial charge in [0.2, 0.25) is 0 Å². The second kappa shape index (κ2) is 44.4. The lowest BCUT2D eigenvalue weighted by Crippen LogP contribution is -2.42. The van der Waals surface area contributed by atoms with Crippen molar-refractivity contribution < 1.29 is 29.3 Å². The van der Waals surface area contributed by atoms with Crippen LogP contribution in [0.4, 0.5) is 9.59 Å². The van der Waals surface area contributed by atoms with Crippen LogP contribution in [0.2, 0.25) is 0 Å².